The first-order valence-electron chi connectivity index (χ1n) is 10.6. The molecule has 1 aromatic heterocycles. The Labute approximate surface area is 200 Å². The number of pyridine rings is 1. The molecule has 5 nitrogen and oxygen atoms in total. The summed E-state index contributed by atoms with van der Waals surface area (Å²) in [6, 6.07) is 19.3. The summed E-state index contributed by atoms with van der Waals surface area (Å²) in [5, 5.41) is 12.9. The highest BCUT2D eigenvalue weighted by atomic mass is 32.2. The Kier molecular flexibility index (Phi) is 7.12. The highest BCUT2D eigenvalue weighted by molar-refractivity contribution is 7.99. The minimum Gasteiger partial charge on any atom is -0.378 e. The fourth-order valence-electron chi connectivity index (χ4n) is 3.66. The van der Waals surface area contributed by atoms with Gasteiger partial charge in [-0.3, -0.25) is 5.32 Å². The van der Waals surface area contributed by atoms with Crippen molar-refractivity contribution in [1.82, 2.24) is 10.3 Å². The summed E-state index contributed by atoms with van der Waals surface area (Å²) in [5.74, 6) is 0.358. The molecule has 176 valence electrons. The molecule has 1 fully saturated rings. The SMILES string of the molecule is CN(C)c1ccc([C@@H]2NC[C@H](CSc3nc(-c4ccccc4)cc(C(F)(F)F)c3C#N)O2)cc1. The van der Waals surface area contributed by atoms with Gasteiger partial charge in [-0.1, -0.05) is 42.5 Å². The van der Waals surface area contributed by atoms with Crippen LogP contribution >= 0.6 is 11.8 Å². The van der Waals surface area contributed by atoms with E-state index in [0.717, 1.165) is 29.1 Å². The lowest BCUT2D eigenvalue weighted by Gasteiger charge is -2.17. The summed E-state index contributed by atoms with van der Waals surface area (Å²) in [6.07, 6.45) is -5.21. The molecule has 0 saturated carbocycles. The number of alkyl halides is 3. The number of ether oxygens (including phenoxy) is 1. The Hall–Kier alpha value is -3.06. The summed E-state index contributed by atoms with van der Waals surface area (Å²) in [6.45, 7) is 0.541. The van der Waals surface area contributed by atoms with Gasteiger partial charge in [-0.2, -0.15) is 18.4 Å². The quantitative estimate of drug-likeness (QED) is 0.468. The number of hydrogen-bond donors (Lipinski definition) is 1. The second-order valence-corrected chi connectivity index (χ2v) is 9.06. The second kappa shape index (κ2) is 10.1. The van der Waals surface area contributed by atoms with Gasteiger partial charge in [0, 0.05) is 37.6 Å². The van der Waals surface area contributed by atoms with Gasteiger partial charge in [0.15, 0.2) is 0 Å². The van der Waals surface area contributed by atoms with E-state index in [1.165, 1.54) is 0 Å². The maximum absolute atomic E-state index is 13.7. The molecule has 0 radical (unpaired) electrons. The van der Waals surface area contributed by atoms with E-state index in [1.54, 1.807) is 36.4 Å². The molecule has 1 N–H and O–H groups in total. The van der Waals surface area contributed by atoms with Crippen LogP contribution in [-0.4, -0.2) is 37.5 Å². The van der Waals surface area contributed by atoms with Crippen molar-refractivity contribution >= 4 is 17.4 Å². The number of benzene rings is 2. The van der Waals surface area contributed by atoms with Gasteiger partial charge in [0.25, 0.3) is 0 Å². The lowest BCUT2D eigenvalue weighted by atomic mass is 10.1. The van der Waals surface area contributed by atoms with E-state index >= 15 is 0 Å². The van der Waals surface area contributed by atoms with Crippen LogP contribution in [0.1, 0.15) is 22.9 Å². The molecule has 4 rings (SSSR count). The highest BCUT2D eigenvalue weighted by Crippen LogP contribution is 2.38. The summed E-state index contributed by atoms with van der Waals surface area (Å²) < 4.78 is 47.3. The largest absolute Gasteiger partial charge is 0.417 e. The smallest absolute Gasteiger partial charge is 0.378 e. The summed E-state index contributed by atoms with van der Waals surface area (Å²) >= 11 is 1.11. The predicted molar refractivity (Wildman–Crippen MR) is 126 cm³/mol. The van der Waals surface area contributed by atoms with E-state index in [2.05, 4.69) is 10.3 Å². The van der Waals surface area contributed by atoms with Crippen molar-refractivity contribution in [2.24, 2.45) is 0 Å². The molecule has 1 aliphatic heterocycles. The maximum atomic E-state index is 13.7. The molecule has 2 atom stereocenters. The van der Waals surface area contributed by atoms with Crippen molar-refractivity contribution in [2.75, 3.05) is 31.3 Å². The van der Waals surface area contributed by atoms with Gasteiger partial charge < -0.3 is 9.64 Å². The molecule has 1 aliphatic rings. The molecule has 2 aromatic carbocycles. The first-order chi connectivity index (χ1) is 16.3. The number of nitrogens with zero attached hydrogens (tertiary/aromatic N) is 3. The van der Waals surface area contributed by atoms with E-state index in [4.69, 9.17) is 4.74 Å². The summed E-state index contributed by atoms with van der Waals surface area (Å²) in [4.78, 5) is 6.42. The number of anilines is 1. The average molecular weight is 485 g/mol. The normalized spacial score (nSPS) is 18.0. The van der Waals surface area contributed by atoms with Crippen LogP contribution in [0.25, 0.3) is 11.3 Å². The zero-order chi connectivity index (χ0) is 24.3. The van der Waals surface area contributed by atoms with Crippen molar-refractivity contribution in [3.8, 4) is 17.3 Å². The molecular formula is C25H23F3N4OS. The number of thioether (sulfide) groups is 1. The van der Waals surface area contributed by atoms with Crippen molar-refractivity contribution in [2.45, 2.75) is 23.5 Å². The molecule has 9 heteroatoms. The third-order valence-corrected chi connectivity index (χ3v) is 6.56. The fourth-order valence-corrected chi connectivity index (χ4v) is 4.66. The van der Waals surface area contributed by atoms with Crippen molar-refractivity contribution < 1.29 is 17.9 Å². The van der Waals surface area contributed by atoms with E-state index in [9.17, 15) is 18.4 Å². The molecule has 2 heterocycles. The molecule has 0 unspecified atom stereocenters. The first-order valence-corrected chi connectivity index (χ1v) is 11.6. The molecule has 34 heavy (non-hydrogen) atoms. The van der Waals surface area contributed by atoms with E-state index < -0.39 is 17.3 Å². The number of nitriles is 1. The second-order valence-electron chi connectivity index (χ2n) is 8.05. The highest BCUT2D eigenvalue weighted by Gasteiger charge is 2.36. The van der Waals surface area contributed by atoms with Gasteiger partial charge in [0.1, 0.15) is 17.3 Å². The molecule has 0 spiro atoms. The molecule has 0 bridgehead atoms. The van der Waals surface area contributed by atoms with Crippen molar-refractivity contribution in [3.63, 3.8) is 0 Å². The molecular weight excluding hydrogens is 461 g/mol. The minimum atomic E-state index is -4.66. The number of rotatable bonds is 6. The third-order valence-electron chi connectivity index (χ3n) is 5.45. The van der Waals surface area contributed by atoms with Gasteiger partial charge in [-0.05, 0) is 23.8 Å². The fraction of sp³-hybridized carbons (Fsp3) is 0.280. The zero-order valence-electron chi connectivity index (χ0n) is 18.6. The lowest BCUT2D eigenvalue weighted by molar-refractivity contribution is -0.138. The van der Waals surface area contributed by atoms with Crippen LogP contribution < -0.4 is 10.2 Å². The van der Waals surface area contributed by atoms with Crippen LogP contribution in [0.2, 0.25) is 0 Å². The van der Waals surface area contributed by atoms with E-state index in [1.807, 2.05) is 43.3 Å². The third kappa shape index (κ3) is 5.36. The number of hydrogen-bond acceptors (Lipinski definition) is 6. The maximum Gasteiger partial charge on any atom is 0.417 e. The van der Waals surface area contributed by atoms with Crippen molar-refractivity contribution in [1.29, 1.82) is 5.26 Å². The van der Waals surface area contributed by atoms with Crippen LogP contribution in [-0.2, 0) is 10.9 Å². The summed E-state index contributed by atoms with van der Waals surface area (Å²) in [5.41, 5.74) is 1.34. The Morgan fingerprint density at radius 2 is 1.85 bits per heavy atom. The van der Waals surface area contributed by atoms with Crippen LogP contribution in [0.4, 0.5) is 18.9 Å². The lowest BCUT2D eigenvalue weighted by Crippen LogP contribution is -2.17. The average Bonchev–Trinajstić information content (AvgIpc) is 3.31. The Morgan fingerprint density at radius 1 is 1.15 bits per heavy atom. The topological polar surface area (TPSA) is 61.2 Å². The molecule has 1 saturated heterocycles. The number of nitrogens with one attached hydrogen (secondary N) is 1. The van der Waals surface area contributed by atoms with E-state index in [-0.39, 0.29) is 23.1 Å². The van der Waals surface area contributed by atoms with Gasteiger partial charge in [-0.15, -0.1) is 11.8 Å². The van der Waals surface area contributed by atoms with Crippen LogP contribution in [0.15, 0.2) is 65.7 Å². The first kappa shape index (κ1) is 24.1. The number of halogens is 3. The van der Waals surface area contributed by atoms with Crippen LogP contribution in [0, 0.1) is 11.3 Å². The Morgan fingerprint density at radius 3 is 2.47 bits per heavy atom. The standard InChI is InChI=1S/C25H23F3N4OS/c1-32(2)18-10-8-17(9-11-18)23-30-14-19(33-23)15-34-24-20(13-29)21(25(26,27)28)12-22(31-24)16-6-4-3-5-7-16/h3-12,19,23,30H,14-15H2,1-2H3/t19-,23-/m1/s1. The van der Waals surface area contributed by atoms with Crippen LogP contribution in [0.3, 0.4) is 0 Å². The van der Waals surface area contributed by atoms with Crippen molar-refractivity contribution in [3.05, 3.63) is 77.4 Å². The molecule has 0 aliphatic carbocycles. The monoisotopic (exact) mass is 484 g/mol. The van der Waals surface area contributed by atoms with Crippen LogP contribution in [0.5, 0.6) is 0 Å². The van der Waals surface area contributed by atoms with Gasteiger partial charge in [-0.25, -0.2) is 4.98 Å². The minimum absolute atomic E-state index is 0.0542. The zero-order valence-corrected chi connectivity index (χ0v) is 19.5. The predicted octanol–water partition coefficient (Wildman–Crippen LogP) is 5.48. The van der Waals surface area contributed by atoms with E-state index in [0.29, 0.717) is 17.9 Å². The van der Waals surface area contributed by atoms with Gasteiger partial charge in [0.05, 0.1) is 22.9 Å². The number of aromatic nitrogens is 1. The Balaban J connectivity index is 1.53. The van der Waals surface area contributed by atoms with Gasteiger partial charge >= 0.3 is 6.18 Å². The Bertz CT molecular complexity index is 1180. The molecule has 3 aromatic rings. The summed E-state index contributed by atoms with van der Waals surface area (Å²) in [7, 11) is 3.93. The van der Waals surface area contributed by atoms with Gasteiger partial charge in [0.2, 0.25) is 0 Å². The molecule has 0 amide bonds.